The van der Waals surface area contributed by atoms with E-state index in [0.717, 1.165) is 39.2 Å². The van der Waals surface area contributed by atoms with E-state index in [1.807, 2.05) is 71.9 Å². The number of sulfonamides is 1. The fraction of sp³-hybridized carbons (Fsp3) is 0.481. The highest BCUT2D eigenvalue weighted by atomic mass is 32.2. The van der Waals surface area contributed by atoms with Gasteiger partial charge in [-0.25, -0.2) is 8.42 Å². The Morgan fingerprint density at radius 2 is 1.57 bits per heavy atom. The molecule has 2 aromatic carbocycles. The van der Waals surface area contributed by atoms with Crippen molar-refractivity contribution in [3.05, 3.63) is 64.7 Å². The zero-order valence-corrected chi connectivity index (χ0v) is 22.8. The summed E-state index contributed by atoms with van der Waals surface area (Å²) < 4.78 is 26.6. The molecule has 35 heavy (non-hydrogen) atoms. The molecule has 0 aliphatic carbocycles. The first-order valence-electron chi connectivity index (χ1n) is 12.1. The minimum atomic E-state index is -3.75. The summed E-state index contributed by atoms with van der Waals surface area (Å²) in [4.78, 5) is 28.4. The van der Waals surface area contributed by atoms with Crippen molar-refractivity contribution >= 4 is 27.5 Å². The predicted molar refractivity (Wildman–Crippen MR) is 142 cm³/mol. The van der Waals surface area contributed by atoms with Gasteiger partial charge in [-0.05, 0) is 69.4 Å². The fourth-order valence-corrected chi connectivity index (χ4v) is 4.91. The molecular weight excluding hydrogens is 462 g/mol. The minimum absolute atomic E-state index is 0.0322. The summed E-state index contributed by atoms with van der Waals surface area (Å²) in [6.07, 6.45) is 2.26. The maximum atomic E-state index is 13.7. The topological polar surface area (TPSA) is 86.8 Å². The molecule has 7 nitrogen and oxygen atoms in total. The molecule has 8 heteroatoms. The van der Waals surface area contributed by atoms with Gasteiger partial charge >= 0.3 is 0 Å². The Kier molecular flexibility index (Phi) is 9.89. The van der Waals surface area contributed by atoms with Gasteiger partial charge in [-0.2, -0.15) is 0 Å². The van der Waals surface area contributed by atoms with Crippen LogP contribution in [0.3, 0.4) is 0 Å². The lowest BCUT2D eigenvalue weighted by molar-refractivity contribution is -0.140. The van der Waals surface area contributed by atoms with Gasteiger partial charge in [0.05, 0.1) is 11.9 Å². The highest BCUT2D eigenvalue weighted by molar-refractivity contribution is 7.92. The van der Waals surface area contributed by atoms with E-state index in [1.165, 1.54) is 4.90 Å². The number of nitrogens with one attached hydrogen (secondary N) is 1. The summed E-state index contributed by atoms with van der Waals surface area (Å²) in [6.45, 7) is 11.3. The molecule has 0 aliphatic rings. The number of hydrogen-bond donors (Lipinski definition) is 1. The van der Waals surface area contributed by atoms with E-state index in [4.69, 9.17) is 0 Å². The number of anilines is 1. The monoisotopic (exact) mass is 501 g/mol. The first kappa shape index (κ1) is 28.4. The van der Waals surface area contributed by atoms with Crippen molar-refractivity contribution in [3.8, 4) is 0 Å². The molecular formula is C27H39N3O4S. The summed E-state index contributed by atoms with van der Waals surface area (Å²) in [6, 6.07) is 12.4. The summed E-state index contributed by atoms with van der Waals surface area (Å²) >= 11 is 0. The van der Waals surface area contributed by atoms with Crippen LogP contribution in [0.25, 0.3) is 0 Å². The zero-order valence-electron chi connectivity index (χ0n) is 22.0. The van der Waals surface area contributed by atoms with Crippen molar-refractivity contribution in [1.29, 1.82) is 0 Å². The van der Waals surface area contributed by atoms with Crippen LogP contribution in [0.5, 0.6) is 0 Å². The first-order chi connectivity index (χ1) is 16.3. The van der Waals surface area contributed by atoms with Gasteiger partial charge in [0.2, 0.25) is 21.8 Å². The number of nitrogens with zero attached hydrogens (tertiary/aromatic N) is 2. The molecule has 1 N–H and O–H groups in total. The van der Waals surface area contributed by atoms with E-state index in [2.05, 4.69) is 5.32 Å². The largest absolute Gasteiger partial charge is 0.352 e. The minimum Gasteiger partial charge on any atom is -0.352 e. The summed E-state index contributed by atoms with van der Waals surface area (Å²) in [5.41, 5.74) is 4.16. The second-order valence-electron chi connectivity index (χ2n) is 9.37. The standard InChI is InChI=1S/C27H39N3O4S/c1-8-22(6)28-27(32)25(9-2)29(17-23-12-10-11-19(3)14-23)26(31)18-30(35(7,33)34)24-15-20(4)13-21(5)16-24/h10-16,22,25H,8-9,17-18H2,1-7H3,(H,28,32). The molecule has 0 saturated heterocycles. The Morgan fingerprint density at radius 1 is 0.943 bits per heavy atom. The number of carbonyl (C=O) groups excluding carboxylic acids is 2. The van der Waals surface area contributed by atoms with Gasteiger partial charge in [-0.15, -0.1) is 0 Å². The van der Waals surface area contributed by atoms with Gasteiger partial charge in [0, 0.05) is 12.6 Å². The number of benzene rings is 2. The average Bonchev–Trinajstić information content (AvgIpc) is 2.75. The molecule has 0 aliphatic heterocycles. The SMILES string of the molecule is CCC(C)NC(=O)C(CC)N(Cc1cccc(C)c1)C(=O)CN(c1cc(C)cc(C)c1)S(C)(=O)=O. The van der Waals surface area contributed by atoms with Crippen LogP contribution in [0, 0.1) is 20.8 Å². The van der Waals surface area contributed by atoms with Crippen molar-refractivity contribution in [1.82, 2.24) is 10.2 Å². The molecule has 2 rings (SSSR count). The van der Waals surface area contributed by atoms with Crippen LogP contribution < -0.4 is 9.62 Å². The lowest BCUT2D eigenvalue weighted by Gasteiger charge is -2.33. The molecule has 2 aromatic rings. The second-order valence-corrected chi connectivity index (χ2v) is 11.3. The van der Waals surface area contributed by atoms with E-state index in [9.17, 15) is 18.0 Å². The lowest BCUT2D eigenvalue weighted by atomic mass is 10.1. The van der Waals surface area contributed by atoms with Crippen LogP contribution in [-0.2, 0) is 26.2 Å². The van der Waals surface area contributed by atoms with Crippen LogP contribution in [-0.4, -0.2) is 50.0 Å². The number of carbonyl (C=O) groups is 2. The Morgan fingerprint density at radius 3 is 2.09 bits per heavy atom. The van der Waals surface area contributed by atoms with Crippen molar-refractivity contribution in [2.75, 3.05) is 17.1 Å². The summed E-state index contributed by atoms with van der Waals surface area (Å²) in [7, 11) is -3.75. The molecule has 0 saturated carbocycles. The third-order valence-corrected chi connectivity index (χ3v) is 7.14. The molecule has 192 valence electrons. The third kappa shape index (κ3) is 8.09. The van der Waals surface area contributed by atoms with Crippen LogP contribution in [0.2, 0.25) is 0 Å². The Balaban J connectivity index is 2.47. The molecule has 0 spiro atoms. The Labute approximate surface area is 210 Å². The quantitative estimate of drug-likeness (QED) is 0.502. The van der Waals surface area contributed by atoms with E-state index < -0.39 is 22.0 Å². The van der Waals surface area contributed by atoms with Crippen LogP contribution in [0.15, 0.2) is 42.5 Å². The van der Waals surface area contributed by atoms with Crippen molar-refractivity contribution in [2.24, 2.45) is 0 Å². The van der Waals surface area contributed by atoms with E-state index >= 15 is 0 Å². The molecule has 0 radical (unpaired) electrons. The van der Waals surface area contributed by atoms with E-state index in [0.29, 0.717) is 12.1 Å². The molecule has 0 fully saturated rings. The van der Waals surface area contributed by atoms with Crippen LogP contribution in [0.4, 0.5) is 5.69 Å². The smallest absolute Gasteiger partial charge is 0.244 e. The number of amides is 2. The maximum Gasteiger partial charge on any atom is 0.244 e. The Hall–Kier alpha value is -2.87. The van der Waals surface area contributed by atoms with Gasteiger partial charge in [-0.3, -0.25) is 13.9 Å². The fourth-order valence-electron chi connectivity index (χ4n) is 4.08. The third-order valence-electron chi connectivity index (χ3n) is 6.00. The number of aryl methyl sites for hydroxylation is 3. The molecule has 2 atom stereocenters. The normalized spacial score (nSPS) is 13.1. The van der Waals surface area contributed by atoms with Gasteiger partial charge in [0.15, 0.2) is 0 Å². The molecule has 2 unspecified atom stereocenters. The number of rotatable bonds is 11. The number of hydrogen-bond acceptors (Lipinski definition) is 4. The lowest BCUT2D eigenvalue weighted by Crippen LogP contribution is -2.53. The van der Waals surface area contributed by atoms with Crippen molar-refractivity contribution < 1.29 is 18.0 Å². The average molecular weight is 502 g/mol. The zero-order chi connectivity index (χ0) is 26.3. The summed E-state index contributed by atoms with van der Waals surface area (Å²) in [5.74, 6) is -0.664. The maximum absolute atomic E-state index is 13.7. The van der Waals surface area contributed by atoms with Gasteiger partial charge in [0.1, 0.15) is 12.6 Å². The second kappa shape index (κ2) is 12.2. The molecule has 0 heterocycles. The van der Waals surface area contributed by atoms with Gasteiger partial charge in [-0.1, -0.05) is 49.7 Å². The van der Waals surface area contributed by atoms with E-state index in [-0.39, 0.29) is 25.0 Å². The molecule has 0 aromatic heterocycles. The van der Waals surface area contributed by atoms with Gasteiger partial charge in [0.25, 0.3) is 0 Å². The van der Waals surface area contributed by atoms with Crippen molar-refractivity contribution in [2.45, 2.75) is 73.0 Å². The summed E-state index contributed by atoms with van der Waals surface area (Å²) in [5, 5.41) is 2.98. The highest BCUT2D eigenvalue weighted by Gasteiger charge is 2.32. The molecule has 0 bridgehead atoms. The first-order valence-corrected chi connectivity index (χ1v) is 13.9. The molecule has 2 amide bonds. The Bertz CT molecular complexity index is 1130. The highest BCUT2D eigenvalue weighted by Crippen LogP contribution is 2.23. The van der Waals surface area contributed by atoms with Gasteiger partial charge < -0.3 is 10.2 Å². The predicted octanol–water partition coefficient (Wildman–Crippen LogP) is 4.10. The van der Waals surface area contributed by atoms with E-state index in [1.54, 1.807) is 12.1 Å². The van der Waals surface area contributed by atoms with Crippen LogP contribution >= 0.6 is 0 Å². The van der Waals surface area contributed by atoms with Crippen LogP contribution in [0.1, 0.15) is 55.9 Å². The van der Waals surface area contributed by atoms with Crippen molar-refractivity contribution in [3.63, 3.8) is 0 Å².